The van der Waals surface area contributed by atoms with E-state index in [0.29, 0.717) is 12.0 Å². The van der Waals surface area contributed by atoms with Gasteiger partial charge in [0.2, 0.25) is 0 Å². The number of benzene rings is 2. The first-order valence-electron chi connectivity index (χ1n) is 10.5. The van der Waals surface area contributed by atoms with E-state index >= 15 is 0 Å². The molecule has 1 unspecified atom stereocenters. The molecule has 1 aliphatic heterocycles. The van der Waals surface area contributed by atoms with Gasteiger partial charge in [-0.05, 0) is 60.4 Å². The Kier molecular flexibility index (Phi) is 6.49. The van der Waals surface area contributed by atoms with Crippen molar-refractivity contribution in [2.24, 2.45) is 0 Å². The van der Waals surface area contributed by atoms with Gasteiger partial charge in [0, 0.05) is 16.2 Å². The fraction of sp³-hybridized carbons (Fsp3) is 0.360. The number of thiophene rings is 1. The van der Waals surface area contributed by atoms with Gasteiger partial charge >= 0.3 is 0 Å². The van der Waals surface area contributed by atoms with Gasteiger partial charge in [0.1, 0.15) is 35.8 Å². The highest BCUT2D eigenvalue weighted by atomic mass is 32.1. The van der Waals surface area contributed by atoms with Gasteiger partial charge in [0.25, 0.3) is 0 Å². The average Bonchev–Trinajstić information content (AvgIpc) is 3.25. The van der Waals surface area contributed by atoms with E-state index in [1.54, 1.807) is 30.4 Å². The molecule has 5 atom stereocenters. The predicted octanol–water partition coefficient (Wildman–Crippen LogP) is 3.14. The minimum atomic E-state index is -1.44. The smallest absolute Gasteiger partial charge is 0.123 e. The molecule has 5 nitrogen and oxygen atoms in total. The second-order valence-corrected chi connectivity index (χ2v) is 9.63. The molecule has 1 fully saturated rings. The molecular formula is C25H27FO5S. The number of aliphatic hydroxyl groups excluding tert-OH is 4. The topological polar surface area (TPSA) is 90.2 Å². The second-order valence-electron chi connectivity index (χ2n) is 8.46. The van der Waals surface area contributed by atoms with Crippen LogP contribution < -0.4 is 0 Å². The number of hydrogen-bond donors (Lipinski definition) is 4. The van der Waals surface area contributed by atoms with Gasteiger partial charge in [-0.3, -0.25) is 0 Å². The summed E-state index contributed by atoms with van der Waals surface area (Å²) >= 11 is 1.63. The Bertz CT molecular complexity index is 1080. The van der Waals surface area contributed by atoms with Gasteiger partial charge < -0.3 is 25.2 Å². The number of rotatable bonds is 5. The fourth-order valence-electron chi connectivity index (χ4n) is 4.17. The maximum absolute atomic E-state index is 13.2. The van der Waals surface area contributed by atoms with E-state index in [4.69, 9.17) is 4.74 Å². The van der Waals surface area contributed by atoms with Crippen LogP contribution in [0.2, 0.25) is 0 Å². The van der Waals surface area contributed by atoms with E-state index in [-0.39, 0.29) is 5.82 Å². The monoisotopic (exact) mass is 458 g/mol. The number of hydrogen-bond acceptors (Lipinski definition) is 6. The van der Waals surface area contributed by atoms with Crippen LogP contribution in [-0.2, 0) is 16.8 Å². The molecular weight excluding hydrogens is 431 g/mol. The summed E-state index contributed by atoms with van der Waals surface area (Å²) in [5.41, 5.74) is 2.43. The van der Waals surface area contributed by atoms with Crippen molar-refractivity contribution < 1.29 is 29.6 Å². The minimum Gasteiger partial charge on any atom is -0.394 e. The third kappa shape index (κ3) is 4.24. The Morgan fingerprint density at radius 2 is 1.72 bits per heavy atom. The molecule has 1 saturated heterocycles. The molecule has 32 heavy (non-hydrogen) atoms. The summed E-state index contributed by atoms with van der Waals surface area (Å²) in [6.07, 6.45) is -4.51. The molecule has 0 amide bonds. The van der Waals surface area contributed by atoms with Crippen molar-refractivity contribution in [1.82, 2.24) is 0 Å². The van der Waals surface area contributed by atoms with Crippen molar-refractivity contribution in [1.29, 1.82) is 0 Å². The van der Waals surface area contributed by atoms with Gasteiger partial charge in [0.15, 0.2) is 0 Å². The number of aliphatic hydroxyl groups is 4. The Morgan fingerprint density at radius 1 is 1.00 bits per heavy atom. The first-order valence-corrected chi connectivity index (χ1v) is 11.3. The standard InChI is InChI=1S/C25H27FO5S/c1-14-3-6-17(25(2)24(30)23(29)22(28)20(13-27)31-25)11-16(14)12-19-9-10-21(32-19)15-4-7-18(26)8-5-15/h3-11,20,22-24,27-30H,12-13H2,1-2H3/t20-,22-,23+,24-,25?/m1/s1. The molecule has 0 aliphatic carbocycles. The Balaban J connectivity index is 1.61. The van der Waals surface area contributed by atoms with E-state index in [9.17, 15) is 24.8 Å². The number of aryl methyl sites for hydroxylation is 1. The molecule has 4 N–H and O–H groups in total. The zero-order valence-corrected chi connectivity index (χ0v) is 18.7. The molecule has 1 aliphatic rings. The average molecular weight is 459 g/mol. The largest absolute Gasteiger partial charge is 0.394 e. The number of ether oxygens (including phenoxy) is 1. The van der Waals surface area contributed by atoms with Crippen LogP contribution in [0.1, 0.15) is 28.5 Å². The molecule has 170 valence electrons. The van der Waals surface area contributed by atoms with Crippen LogP contribution in [0.5, 0.6) is 0 Å². The van der Waals surface area contributed by atoms with Gasteiger partial charge in [0.05, 0.1) is 6.61 Å². The lowest BCUT2D eigenvalue weighted by atomic mass is 9.80. The predicted molar refractivity (Wildman–Crippen MR) is 121 cm³/mol. The van der Waals surface area contributed by atoms with Crippen LogP contribution in [0.25, 0.3) is 10.4 Å². The lowest BCUT2D eigenvalue weighted by Crippen LogP contribution is -2.62. The zero-order chi connectivity index (χ0) is 23.0. The molecule has 7 heteroatoms. The molecule has 0 bridgehead atoms. The van der Waals surface area contributed by atoms with E-state index in [0.717, 1.165) is 26.4 Å². The highest BCUT2D eigenvalue weighted by Gasteiger charge is 2.51. The first kappa shape index (κ1) is 23.0. The van der Waals surface area contributed by atoms with E-state index < -0.39 is 36.6 Å². The SMILES string of the molecule is Cc1ccc(C2(C)O[C@H](CO)[C@@H](O)[C@H](O)[C@H]2O)cc1Cc1ccc(-c2ccc(F)cc2)s1. The van der Waals surface area contributed by atoms with Gasteiger partial charge in [-0.1, -0.05) is 30.3 Å². The minimum absolute atomic E-state index is 0.264. The molecule has 0 spiro atoms. The van der Waals surface area contributed by atoms with Crippen molar-refractivity contribution in [3.05, 3.63) is 82.0 Å². The summed E-state index contributed by atoms with van der Waals surface area (Å²) in [6, 6.07) is 16.2. The quantitative estimate of drug-likeness (QED) is 0.472. The van der Waals surface area contributed by atoms with Crippen molar-refractivity contribution >= 4 is 11.3 Å². The van der Waals surface area contributed by atoms with Gasteiger partial charge in [-0.2, -0.15) is 0 Å². The Morgan fingerprint density at radius 3 is 2.41 bits per heavy atom. The van der Waals surface area contributed by atoms with Crippen molar-refractivity contribution in [2.75, 3.05) is 6.61 Å². The first-order chi connectivity index (χ1) is 15.2. The molecule has 2 aromatic carbocycles. The maximum Gasteiger partial charge on any atom is 0.123 e. The lowest BCUT2D eigenvalue weighted by molar-refractivity contribution is -0.273. The van der Waals surface area contributed by atoms with Crippen LogP contribution >= 0.6 is 11.3 Å². The summed E-state index contributed by atoms with van der Waals surface area (Å²) in [5, 5.41) is 40.6. The van der Waals surface area contributed by atoms with Crippen LogP contribution in [0.15, 0.2) is 54.6 Å². The molecule has 2 heterocycles. The molecule has 0 saturated carbocycles. The summed E-state index contributed by atoms with van der Waals surface area (Å²) in [6.45, 7) is 3.19. The van der Waals surface area contributed by atoms with Crippen LogP contribution in [0.3, 0.4) is 0 Å². The zero-order valence-electron chi connectivity index (χ0n) is 17.9. The fourth-order valence-corrected chi connectivity index (χ4v) is 5.21. The number of halogens is 1. The van der Waals surface area contributed by atoms with E-state index in [2.05, 4.69) is 0 Å². The van der Waals surface area contributed by atoms with Gasteiger partial charge in [-0.25, -0.2) is 4.39 Å². The van der Waals surface area contributed by atoms with Crippen molar-refractivity contribution in [3.63, 3.8) is 0 Å². The lowest BCUT2D eigenvalue weighted by Gasteiger charge is -2.47. The molecule has 1 aromatic heterocycles. The summed E-state index contributed by atoms with van der Waals surface area (Å²) < 4.78 is 19.1. The van der Waals surface area contributed by atoms with Crippen molar-refractivity contribution in [3.8, 4) is 10.4 Å². The van der Waals surface area contributed by atoms with Gasteiger partial charge in [-0.15, -0.1) is 11.3 Å². The Labute approximate surface area is 190 Å². The third-order valence-electron chi connectivity index (χ3n) is 6.27. The highest BCUT2D eigenvalue weighted by Crippen LogP contribution is 2.39. The van der Waals surface area contributed by atoms with Crippen molar-refractivity contribution in [2.45, 2.75) is 50.3 Å². The van der Waals surface area contributed by atoms with E-state index in [1.165, 1.54) is 12.1 Å². The molecule has 3 aromatic rings. The van der Waals surface area contributed by atoms with E-state index in [1.807, 2.05) is 37.3 Å². The Hall–Kier alpha value is -2.13. The van der Waals surface area contributed by atoms with Crippen LogP contribution in [-0.4, -0.2) is 51.4 Å². The third-order valence-corrected chi connectivity index (χ3v) is 7.41. The summed E-state index contributed by atoms with van der Waals surface area (Å²) in [4.78, 5) is 2.18. The highest BCUT2D eigenvalue weighted by molar-refractivity contribution is 7.15. The molecule has 4 rings (SSSR count). The summed E-state index contributed by atoms with van der Waals surface area (Å²) in [5.74, 6) is -0.264. The van der Waals surface area contributed by atoms with Crippen LogP contribution in [0.4, 0.5) is 4.39 Å². The maximum atomic E-state index is 13.2. The normalized spacial score (nSPS) is 28.1. The van der Waals surface area contributed by atoms with Crippen LogP contribution in [0, 0.1) is 12.7 Å². The summed E-state index contributed by atoms with van der Waals surface area (Å²) in [7, 11) is 0. The second kappa shape index (κ2) is 9.02. The molecule has 0 radical (unpaired) electrons.